The van der Waals surface area contributed by atoms with E-state index in [1.54, 1.807) is 0 Å². The van der Waals surface area contributed by atoms with Crippen LogP contribution >= 0.6 is 17.0 Å². The molecule has 1 unspecified atom stereocenters. The van der Waals surface area contributed by atoms with Gasteiger partial charge < -0.3 is 0 Å². The molecule has 0 radical (unpaired) electrons. The molecule has 0 spiro atoms. The molecule has 38 heavy (non-hydrogen) atoms. The Morgan fingerprint density at radius 1 is 0.816 bits per heavy atom. The fraction of sp³-hybridized carbons (Fsp3) is 0.235. The molecule has 2 aliphatic rings. The van der Waals surface area contributed by atoms with Gasteiger partial charge in [-0.3, -0.25) is 0 Å². The maximum absolute atomic E-state index is 7.88. The summed E-state index contributed by atoms with van der Waals surface area (Å²) in [5.41, 5.74) is 10.9. The first-order valence-corrected chi connectivity index (χ1v) is 24.1. The van der Waals surface area contributed by atoms with E-state index >= 15 is 0 Å². The zero-order chi connectivity index (χ0) is 26.7. The van der Waals surface area contributed by atoms with Gasteiger partial charge in [-0.2, -0.15) is 0 Å². The molecule has 1 aliphatic heterocycles. The van der Waals surface area contributed by atoms with Crippen molar-refractivity contribution in [2.24, 2.45) is 5.41 Å². The summed E-state index contributed by atoms with van der Waals surface area (Å²) in [5.74, 6) is 0. The monoisotopic (exact) mass is 630 g/mol. The van der Waals surface area contributed by atoms with Crippen LogP contribution in [0.25, 0.3) is 28.3 Å². The average molecular weight is 633 g/mol. The third kappa shape index (κ3) is 4.37. The summed E-state index contributed by atoms with van der Waals surface area (Å²) >= 11 is -4.01. The maximum atomic E-state index is 7.88. The normalized spacial score (nSPS) is 16.8. The number of fused-ring (bicyclic) bond motifs is 4. The average Bonchev–Trinajstić information content (AvgIpc) is 3.48. The molecule has 0 fully saturated rings. The van der Waals surface area contributed by atoms with Gasteiger partial charge in [0.05, 0.1) is 0 Å². The SMILES string of the molecule is CCCc1ccc2c(c1-c1ccccc1)C=C(C(C)(C)C)[CH]2[Zr]([Cl])([Cl])[c]1cccc2c1[SiH2]c1ccccc1-2. The van der Waals surface area contributed by atoms with Crippen molar-refractivity contribution in [3.8, 4) is 22.3 Å². The van der Waals surface area contributed by atoms with Crippen LogP contribution in [0.4, 0.5) is 0 Å². The second kappa shape index (κ2) is 10.0. The van der Waals surface area contributed by atoms with Crippen LogP contribution in [-0.2, 0) is 24.3 Å². The van der Waals surface area contributed by atoms with Crippen LogP contribution in [0.2, 0.25) is 0 Å². The number of hydrogen-bond acceptors (Lipinski definition) is 0. The molecule has 1 aliphatic carbocycles. The van der Waals surface area contributed by atoms with E-state index < -0.39 is 27.4 Å². The zero-order valence-electron chi connectivity index (χ0n) is 22.6. The minimum absolute atomic E-state index is 0.0349. The van der Waals surface area contributed by atoms with Crippen molar-refractivity contribution in [1.82, 2.24) is 0 Å². The molecule has 0 amide bonds. The minimum atomic E-state index is -4.01. The van der Waals surface area contributed by atoms with Crippen molar-refractivity contribution < 1.29 is 17.9 Å². The first-order valence-electron chi connectivity index (χ1n) is 13.7. The number of hydrogen-bond donors (Lipinski definition) is 0. The van der Waals surface area contributed by atoms with Gasteiger partial charge in [0.25, 0.3) is 0 Å². The van der Waals surface area contributed by atoms with Crippen molar-refractivity contribution in [2.75, 3.05) is 0 Å². The fourth-order valence-electron chi connectivity index (χ4n) is 6.58. The van der Waals surface area contributed by atoms with E-state index in [-0.39, 0.29) is 9.04 Å². The van der Waals surface area contributed by atoms with Crippen LogP contribution in [-0.4, -0.2) is 9.52 Å². The summed E-state index contributed by atoms with van der Waals surface area (Å²) in [4.78, 5) is 0. The van der Waals surface area contributed by atoms with E-state index in [0.29, 0.717) is 0 Å². The number of rotatable bonds is 5. The Hall–Kier alpha value is -1.70. The number of halogens is 2. The number of benzene rings is 4. The van der Waals surface area contributed by atoms with Crippen LogP contribution in [0.3, 0.4) is 0 Å². The second-order valence-electron chi connectivity index (χ2n) is 11.8. The number of aryl methyl sites for hydroxylation is 1. The predicted molar refractivity (Wildman–Crippen MR) is 167 cm³/mol. The van der Waals surface area contributed by atoms with Crippen molar-refractivity contribution in [3.05, 3.63) is 107 Å². The second-order valence-corrected chi connectivity index (χ2v) is 27.6. The molecular weight excluding hydrogens is 599 g/mol. The van der Waals surface area contributed by atoms with E-state index in [0.717, 1.165) is 12.8 Å². The summed E-state index contributed by atoms with van der Waals surface area (Å²) < 4.78 is 1.39. The predicted octanol–water partition coefficient (Wildman–Crippen LogP) is 7.68. The summed E-state index contributed by atoms with van der Waals surface area (Å²) in [6.45, 7) is 9.23. The molecule has 0 nitrogen and oxygen atoms in total. The van der Waals surface area contributed by atoms with Gasteiger partial charge in [-0.25, -0.2) is 0 Å². The van der Waals surface area contributed by atoms with Gasteiger partial charge in [-0.15, -0.1) is 0 Å². The van der Waals surface area contributed by atoms with Gasteiger partial charge in [-0.05, 0) is 0 Å². The van der Waals surface area contributed by atoms with E-state index in [9.17, 15) is 0 Å². The van der Waals surface area contributed by atoms with Gasteiger partial charge in [0.1, 0.15) is 0 Å². The molecule has 0 saturated heterocycles. The molecule has 4 heteroatoms. The summed E-state index contributed by atoms with van der Waals surface area (Å²) in [7, 11) is 15.1. The Bertz CT molecular complexity index is 1560. The molecule has 192 valence electrons. The quantitative estimate of drug-likeness (QED) is 0.175. The van der Waals surface area contributed by atoms with Crippen LogP contribution in [0.1, 0.15) is 54.4 Å². The zero-order valence-corrected chi connectivity index (χ0v) is 28.0. The molecule has 4 aromatic rings. The van der Waals surface area contributed by atoms with Gasteiger partial charge in [-0.1, -0.05) is 0 Å². The van der Waals surface area contributed by atoms with Crippen LogP contribution in [0.15, 0.2) is 90.5 Å². The van der Waals surface area contributed by atoms with Crippen molar-refractivity contribution in [3.63, 3.8) is 0 Å². The van der Waals surface area contributed by atoms with Crippen LogP contribution in [0, 0.1) is 5.41 Å². The first kappa shape index (κ1) is 26.5. The molecule has 0 N–H and O–H groups in total. The first-order chi connectivity index (χ1) is 18.2. The Morgan fingerprint density at radius 3 is 2.26 bits per heavy atom. The van der Waals surface area contributed by atoms with Gasteiger partial charge in [0.2, 0.25) is 0 Å². The van der Waals surface area contributed by atoms with Crippen LogP contribution in [0.5, 0.6) is 0 Å². The molecule has 6 rings (SSSR count). The Kier molecular flexibility index (Phi) is 7.01. The fourth-order valence-corrected chi connectivity index (χ4v) is 23.7. The summed E-state index contributed by atoms with van der Waals surface area (Å²) in [5, 5.41) is 3.00. The third-order valence-corrected chi connectivity index (χ3v) is 22.5. The van der Waals surface area contributed by atoms with E-state index in [1.807, 2.05) is 0 Å². The van der Waals surface area contributed by atoms with Crippen molar-refractivity contribution in [1.29, 1.82) is 0 Å². The molecular formula is C34H34Cl2SiZr. The van der Waals surface area contributed by atoms with Crippen molar-refractivity contribution in [2.45, 2.75) is 44.2 Å². The van der Waals surface area contributed by atoms with Crippen molar-refractivity contribution >= 4 is 46.3 Å². The Morgan fingerprint density at radius 2 is 1.53 bits per heavy atom. The summed E-state index contributed by atoms with van der Waals surface area (Å²) in [6.07, 6.45) is 4.65. The third-order valence-electron chi connectivity index (χ3n) is 8.31. The molecule has 0 saturated carbocycles. The molecule has 0 bridgehead atoms. The van der Waals surface area contributed by atoms with E-state index in [4.69, 9.17) is 17.0 Å². The van der Waals surface area contributed by atoms with E-state index in [1.165, 1.54) is 58.2 Å². The standard InChI is InChI=1S/C22H25.C12H9Si.2ClH.Zr/c1-5-9-16-12-13-18-14-19(22(2,3)4)15-20(18)21(16)17-10-7-6-8-11-17;1-3-7-11-9(5-1)10-6-2-4-8-12(10)13-11;;;/h6-8,10-15H,5,9H2,1-4H3;1-7H,13H2;2*1H;/q;;;;+2/p-2. The molecule has 1 atom stereocenters. The van der Waals surface area contributed by atoms with Gasteiger partial charge in [0.15, 0.2) is 0 Å². The van der Waals surface area contributed by atoms with Gasteiger partial charge >= 0.3 is 243 Å². The Balaban J connectivity index is 1.57. The molecule has 4 aromatic carbocycles. The topological polar surface area (TPSA) is 0 Å². The Labute approximate surface area is 241 Å². The molecule has 1 heterocycles. The molecule has 0 aromatic heterocycles. The van der Waals surface area contributed by atoms with E-state index in [2.05, 4.69) is 119 Å². The summed E-state index contributed by atoms with van der Waals surface area (Å²) in [6, 6.07) is 31.2. The van der Waals surface area contributed by atoms with Crippen LogP contribution < -0.4 is 13.6 Å². The van der Waals surface area contributed by atoms with Gasteiger partial charge in [0, 0.05) is 0 Å². The number of allylic oxidation sites excluding steroid dienone is 1.